The summed E-state index contributed by atoms with van der Waals surface area (Å²) in [5.74, 6) is -0.154. The summed E-state index contributed by atoms with van der Waals surface area (Å²) in [6.07, 6.45) is 3.39. The summed E-state index contributed by atoms with van der Waals surface area (Å²) in [4.78, 5) is 6.08. The number of hydrogen-bond donors (Lipinski definition) is 1. The third kappa shape index (κ3) is 2.50. The molecule has 4 heteroatoms. The number of aryl methyl sites for hydroxylation is 2. The first kappa shape index (κ1) is 13.7. The monoisotopic (exact) mass is 290 g/mol. The van der Waals surface area contributed by atoms with Crippen LogP contribution in [0.25, 0.3) is 10.6 Å². The van der Waals surface area contributed by atoms with E-state index in [1.807, 2.05) is 12.1 Å². The van der Waals surface area contributed by atoms with Crippen molar-refractivity contribution in [3.63, 3.8) is 0 Å². The summed E-state index contributed by atoms with van der Waals surface area (Å²) in [5.41, 5.74) is 2.77. The van der Waals surface area contributed by atoms with Gasteiger partial charge in [-0.1, -0.05) is 19.1 Å². The van der Waals surface area contributed by atoms with Crippen LogP contribution in [0.5, 0.6) is 0 Å². The van der Waals surface area contributed by atoms with Crippen molar-refractivity contribution in [2.24, 2.45) is 0 Å². The fourth-order valence-corrected chi connectivity index (χ4v) is 3.93. The van der Waals surface area contributed by atoms with Gasteiger partial charge in [0, 0.05) is 16.5 Å². The summed E-state index contributed by atoms with van der Waals surface area (Å²) in [5, 5.41) is 4.47. The van der Waals surface area contributed by atoms with E-state index < -0.39 is 0 Å². The van der Waals surface area contributed by atoms with Gasteiger partial charge < -0.3 is 5.32 Å². The number of rotatable bonds is 3. The fraction of sp³-hybridized carbons (Fsp3) is 0.438. The van der Waals surface area contributed by atoms with Gasteiger partial charge in [0.05, 0.1) is 5.69 Å². The molecule has 1 aromatic heterocycles. The molecule has 2 nitrogen and oxygen atoms in total. The number of hydrogen-bond acceptors (Lipinski definition) is 3. The van der Waals surface area contributed by atoms with Gasteiger partial charge >= 0.3 is 0 Å². The van der Waals surface area contributed by atoms with E-state index in [2.05, 4.69) is 12.2 Å². The quantitative estimate of drug-likeness (QED) is 0.914. The molecule has 1 N–H and O–H groups in total. The highest BCUT2D eigenvalue weighted by Crippen LogP contribution is 2.38. The standard InChI is InChI=1S/C16H19FN2S/c1-3-18-13-5-4-6-14-15(13)20-16(19-14)11-8-7-10(2)12(17)9-11/h7-9,13,18H,3-6H2,1-2H3. The van der Waals surface area contributed by atoms with Crippen molar-refractivity contribution < 1.29 is 4.39 Å². The average molecular weight is 290 g/mol. The van der Waals surface area contributed by atoms with Crippen LogP contribution in [-0.4, -0.2) is 11.5 Å². The molecule has 1 aliphatic rings. The van der Waals surface area contributed by atoms with Gasteiger partial charge in [0.15, 0.2) is 0 Å². The molecule has 2 aromatic rings. The molecule has 1 aromatic carbocycles. The van der Waals surface area contributed by atoms with Crippen molar-refractivity contribution >= 4 is 11.3 Å². The highest BCUT2D eigenvalue weighted by molar-refractivity contribution is 7.15. The lowest BCUT2D eigenvalue weighted by Crippen LogP contribution is -2.23. The molecule has 0 radical (unpaired) electrons. The molecule has 0 aliphatic heterocycles. The maximum atomic E-state index is 13.7. The molecular weight excluding hydrogens is 271 g/mol. The van der Waals surface area contributed by atoms with E-state index in [1.54, 1.807) is 24.3 Å². The minimum Gasteiger partial charge on any atom is -0.309 e. The third-order valence-corrected chi connectivity index (χ3v) is 5.08. The largest absolute Gasteiger partial charge is 0.309 e. The number of thiazole rings is 1. The Morgan fingerprint density at radius 3 is 3.05 bits per heavy atom. The van der Waals surface area contributed by atoms with Crippen LogP contribution in [0.15, 0.2) is 18.2 Å². The Kier molecular flexibility index (Phi) is 3.85. The maximum absolute atomic E-state index is 13.7. The molecular formula is C16H19FN2S. The zero-order valence-electron chi connectivity index (χ0n) is 11.9. The lowest BCUT2D eigenvalue weighted by atomic mass is 9.98. The van der Waals surface area contributed by atoms with Crippen molar-refractivity contribution in [2.75, 3.05) is 6.54 Å². The van der Waals surface area contributed by atoms with E-state index in [1.165, 1.54) is 23.4 Å². The first-order chi connectivity index (χ1) is 9.69. The molecule has 1 atom stereocenters. The van der Waals surface area contributed by atoms with Crippen molar-refractivity contribution in [3.05, 3.63) is 40.2 Å². The molecule has 0 bridgehead atoms. The third-order valence-electron chi connectivity index (χ3n) is 3.82. The van der Waals surface area contributed by atoms with Crippen LogP contribution in [0.1, 0.15) is 41.9 Å². The fourth-order valence-electron chi connectivity index (χ4n) is 2.71. The highest BCUT2D eigenvalue weighted by Gasteiger charge is 2.24. The number of nitrogens with one attached hydrogen (secondary N) is 1. The first-order valence-corrected chi connectivity index (χ1v) is 8.00. The van der Waals surface area contributed by atoms with E-state index in [9.17, 15) is 4.39 Å². The molecule has 0 amide bonds. The second kappa shape index (κ2) is 5.62. The van der Waals surface area contributed by atoms with E-state index in [0.29, 0.717) is 11.6 Å². The van der Waals surface area contributed by atoms with Crippen LogP contribution in [0.3, 0.4) is 0 Å². The van der Waals surface area contributed by atoms with Gasteiger partial charge in [-0.05, 0) is 44.4 Å². The minimum atomic E-state index is -0.154. The summed E-state index contributed by atoms with van der Waals surface area (Å²) in [7, 11) is 0. The summed E-state index contributed by atoms with van der Waals surface area (Å²) < 4.78 is 13.7. The SMILES string of the molecule is CCNC1CCCc2nc(-c3ccc(C)c(F)c3)sc21. The van der Waals surface area contributed by atoms with Crippen molar-refractivity contribution in [3.8, 4) is 10.6 Å². The number of halogens is 1. The Hall–Kier alpha value is -1.26. The second-order valence-electron chi connectivity index (χ2n) is 5.30. The van der Waals surface area contributed by atoms with E-state index in [-0.39, 0.29) is 5.82 Å². The van der Waals surface area contributed by atoms with E-state index >= 15 is 0 Å². The van der Waals surface area contributed by atoms with Crippen LogP contribution in [0.4, 0.5) is 4.39 Å². The molecule has 0 saturated heterocycles. The van der Waals surface area contributed by atoms with Crippen molar-refractivity contribution in [2.45, 2.75) is 39.2 Å². The van der Waals surface area contributed by atoms with Crippen LogP contribution >= 0.6 is 11.3 Å². The lowest BCUT2D eigenvalue weighted by Gasteiger charge is -2.21. The second-order valence-corrected chi connectivity index (χ2v) is 6.33. The Morgan fingerprint density at radius 1 is 1.45 bits per heavy atom. The Morgan fingerprint density at radius 2 is 2.30 bits per heavy atom. The van der Waals surface area contributed by atoms with Gasteiger partial charge in [-0.15, -0.1) is 11.3 Å². The van der Waals surface area contributed by atoms with Crippen LogP contribution in [0.2, 0.25) is 0 Å². The zero-order valence-corrected chi connectivity index (χ0v) is 12.7. The molecule has 3 rings (SSSR count). The van der Waals surface area contributed by atoms with Gasteiger partial charge in [-0.25, -0.2) is 9.37 Å². The van der Waals surface area contributed by atoms with Gasteiger partial charge in [0.2, 0.25) is 0 Å². The van der Waals surface area contributed by atoms with Gasteiger partial charge in [-0.3, -0.25) is 0 Å². The minimum absolute atomic E-state index is 0.154. The first-order valence-electron chi connectivity index (χ1n) is 7.18. The predicted octanol–water partition coefficient (Wildman–Crippen LogP) is 4.24. The molecule has 1 unspecified atom stereocenters. The molecule has 0 saturated carbocycles. The summed E-state index contributed by atoms with van der Waals surface area (Å²) in [6.45, 7) is 4.88. The molecule has 20 heavy (non-hydrogen) atoms. The number of nitrogens with zero attached hydrogens (tertiary/aromatic N) is 1. The van der Waals surface area contributed by atoms with Gasteiger partial charge in [0.25, 0.3) is 0 Å². The Bertz CT molecular complexity index is 621. The van der Waals surface area contributed by atoms with Gasteiger partial charge in [-0.2, -0.15) is 0 Å². The molecule has 1 heterocycles. The number of fused-ring (bicyclic) bond motifs is 1. The molecule has 0 spiro atoms. The van der Waals surface area contributed by atoms with E-state index in [4.69, 9.17) is 4.98 Å². The molecule has 0 fully saturated rings. The van der Waals surface area contributed by atoms with Crippen LogP contribution in [0, 0.1) is 12.7 Å². The van der Waals surface area contributed by atoms with E-state index in [0.717, 1.165) is 23.5 Å². The average Bonchev–Trinajstić information content (AvgIpc) is 2.87. The molecule has 106 valence electrons. The smallest absolute Gasteiger partial charge is 0.126 e. The maximum Gasteiger partial charge on any atom is 0.126 e. The van der Waals surface area contributed by atoms with Gasteiger partial charge in [0.1, 0.15) is 10.8 Å². The molecule has 1 aliphatic carbocycles. The summed E-state index contributed by atoms with van der Waals surface area (Å²) in [6, 6.07) is 5.81. The Labute approximate surface area is 123 Å². The predicted molar refractivity (Wildman–Crippen MR) is 81.6 cm³/mol. The van der Waals surface area contributed by atoms with Crippen molar-refractivity contribution in [1.82, 2.24) is 10.3 Å². The van der Waals surface area contributed by atoms with Crippen LogP contribution in [-0.2, 0) is 6.42 Å². The zero-order chi connectivity index (χ0) is 14.1. The Balaban J connectivity index is 1.97. The van der Waals surface area contributed by atoms with Crippen molar-refractivity contribution in [1.29, 1.82) is 0 Å². The highest BCUT2D eigenvalue weighted by atomic mass is 32.1. The number of aromatic nitrogens is 1. The summed E-state index contributed by atoms with van der Waals surface area (Å²) >= 11 is 1.71. The van der Waals surface area contributed by atoms with Crippen LogP contribution < -0.4 is 5.32 Å². The number of benzene rings is 1. The normalized spacial score (nSPS) is 18.1. The lowest BCUT2D eigenvalue weighted by molar-refractivity contribution is 0.476. The topological polar surface area (TPSA) is 24.9 Å².